The molecule has 0 saturated carbocycles. The molecule has 0 atom stereocenters. The third-order valence-electron chi connectivity index (χ3n) is 4.64. The summed E-state index contributed by atoms with van der Waals surface area (Å²) < 4.78 is 10.1. The monoisotopic (exact) mass is 601 g/mol. The summed E-state index contributed by atoms with van der Waals surface area (Å²) in [5.41, 5.74) is 5.66. The van der Waals surface area contributed by atoms with Gasteiger partial charge in [0.2, 0.25) is 0 Å². The molecule has 0 radical (unpaired) electrons. The van der Waals surface area contributed by atoms with Crippen molar-refractivity contribution in [3.63, 3.8) is 0 Å². The van der Waals surface area contributed by atoms with Crippen LogP contribution in [0.4, 0.5) is 4.79 Å². The van der Waals surface area contributed by atoms with Crippen molar-refractivity contribution >= 4 is 36.5 Å². The average molecular weight is 602 g/mol. The normalized spacial score (nSPS) is 10.4. The minimum atomic E-state index is -1.02. The van der Waals surface area contributed by atoms with E-state index in [1.165, 1.54) is 24.3 Å². The van der Waals surface area contributed by atoms with E-state index in [2.05, 4.69) is 10.6 Å². The number of alkyl carbamates (subject to hydrolysis) is 1. The van der Waals surface area contributed by atoms with Crippen molar-refractivity contribution in [2.45, 2.75) is 65.6 Å². The van der Waals surface area contributed by atoms with Crippen molar-refractivity contribution in [3.05, 3.63) is 70.8 Å². The van der Waals surface area contributed by atoms with Gasteiger partial charge in [0.25, 0.3) is 5.91 Å². The van der Waals surface area contributed by atoms with Crippen LogP contribution in [0.15, 0.2) is 48.5 Å². The Labute approximate surface area is 252 Å². The van der Waals surface area contributed by atoms with Gasteiger partial charge in [-0.15, -0.1) is 0 Å². The van der Waals surface area contributed by atoms with Gasteiger partial charge >= 0.3 is 18.0 Å². The first-order chi connectivity index (χ1) is 20.0. The zero-order chi connectivity index (χ0) is 33.1. The number of aromatic carboxylic acids is 1. The van der Waals surface area contributed by atoms with Gasteiger partial charge in [0.1, 0.15) is 23.8 Å². The van der Waals surface area contributed by atoms with Crippen LogP contribution in [0, 0.1) is 0 Å². The van der Waals surface area contributed by atoms with Crippen LogP contribution < -0.4 is 16.4 Å². The highest BCUT2D eigenvalue weighted by Gasteiger charge is 2.16. The Morgan fingerprint density at radius 2 is 1.28 bits per heavy atom. The molecule has 236 valence electrons. The van der Waals surface area contributed by atoms with Crippen molar-refractivity contribution in [2.75, 3.05) is 19.6 Å². The third kappa shape index (κ3) is 20.0. The quantitative estimate of drug-likeness (QED) is 0.176. The number of carbonyl (C=O) groups excluding carboxylic acids is 5. The molecule has 2 amide bonds. The molecule has 12 heteroatoms. The molecular weight excluding hydrogens is 558 g/mol. The van der Waals surface area contributed by atoms with Crippen LogP contribution in [0.2, 0.25) is 0 Å². The summed E-state index contributed by atoms with van der Waals surface area (Å²) in [7, 11) is 0. The van der Waals surface area contributed by atoms with Crippen LogP contribution in [0.1, 0.15) is 95.8 Å². The lowest BCUT2D eigenvalue weighted by Crippen LogP contribution is -2.37. The van der Waals surface area contributed by atoms with E-state index in [1.54, 1.807) is 45.0 Å². The molecule has 0 aliphatic carbocycles. The van der Waals surface area contributed by atoms with E-state index >= 15 is 0 Å². The fourth-order valence-electron chi connectivity index (χ4n) is 2.89. The van der Waals surface area contributed by atoms with Gasteiger partial charge in [-0.1, -0.05) is 24.3 Å². The lowest BCUT2D eigenvalue weighted by Gasteiger charge is -2.19. The predicted octanol–water partition coefficient (Wildman–Crippen LogP) is 4.02. The fourth-order valence-corrected chi connectivity index (χ4v) is 2.89. The van der Waals surface area contributed by atoms with E-state index in [9.17, 15) is 28.8 Å². The number of ether oxygens (including phenoxy) is 2. The third-order valence-corrected chi connectivity index (χ3v) is 4.64. The Morgan fingerprint density at radius 3 is 1.74 bits per heavy atom. The number of esters is 1. The minimum Gasteiger partial charge on any atom is -0.478 e. The van der Waals surface area contributed by atoms with E-state index < -0.39 is 17.7 Å². The number of carbonyl (C=O) groups is 6. The second-order valence-electron chi connectivity index (χ2n) is 11.0. The number of hydrogen-bond acceptors (Lipinski definition) is 9. The molecule has 12 nitrogen and oxygen atoms in total. The van der Waals surface area contributed by atoms with Crippen LogP contribution >= 0.6 is 0 Å². The van der Waals surface area contributed by atoms with Gasteiger partial charge in [-0.25, -0.2) is 9.59 Å². The van der Waals surface area contributed by atoms with Gasteiger partial charge in [-0.05, 0) is 78.8 Å². The summed E-state index contributed by atoms with van der Waals surface area (Å²) in [5, 5.41) is 13.7. The predicted molar refractivity (Wildman–Crippen MR) is 161 cm³/mol. The highest BCUT2D eigenvalue weighted by atomic mass is 16.6. The summed E-state index contributed by atoms with van der Waals surface area (Å²) in [4.78, 5) is 65.3. The highest BCUT2D eigenvalue weighted by molar-refractivity contribution is 5.95. The standard InChI is InChI=1S/C15H20N2O4.C8H17NO2.C8H6O3/c1-15(2,3)21-14(20)17-8-7-16-13(19)12-6-4-5-11(9-12)10-18;1-8(2,3)11-7(10)5-4-6-9;9-5-6-2-1-3-7(4-6)8(10)11/h4-6,9-10H,7-8H2,1-3H3,(H,16,19)(H,17,20);4-6,9H2,1-3H3;1-5H,(H,10,11). The van der Waals surface area contributed by atoms with Crippen LogP contribution in [0.3, 0.4) is 0 Å². The Kier molecular flexibility index (Phi) is 17.4. The molecular formula is C31H43N3O9. The van der Waals surface area contributed by atoms with Gasteiger partial charge in [0.15, 0.2) is 0 Å². The smallest absolute Gasteiger partial charge is 0.407 e. The lowest BCUT2D eigenvalue weighted by molar-refractivity contribution is -0.154. The van der Waals surface area contributed by atoms with E-state index in [-0.39, 0.29) is 36.1 Å². The molecule has 0 spiro atoms. The zero-order valence-corrected chi connectivity index (χ0v) is 25.6. The van der Waals surface area contributed by atoms with Crippen molar-refractivity contribution in [1.82, 2.24) is 10.6 Å². The van der Waals surface area contributed by atoms with Gasteiger partial charge in [-0.3, -0.25) is 19.2 Å². The molecule has 2 aromatic carbocycles. The largest absolute Gasteiger partial charge is 0.478 e. The molecule has 0 saturated heterocycles. The summed E-state index contributed by atoms with van der Waals surface area (Å²) in [6, 6.07) is 12.2. The van der Waals surface area contributed by atoms with Gasteiger partial charge in [0, 0.05) is 36.2 Å². The van der Waals surface area contributed by atoms with Crippen LogP contribution in [0.25, 0.3) is 0 Å². The summed E-state index contributed by atoms with van der Waals surface area (Å²) in [6.07, 6.45) is 1.90. The van der Waals surface area contributed by atoms with E-state index in [4.69, 9.17) is 20.3 Å². The first-order valence-corrected chi connectivity index (χ1v) is 13.5. The number of carboxylic acid groups (broad SMARTS) is 1. The second kappa shape index (κ2) is 19.5. The van der Waals surface area contributed by atoms with Gasteiger partial charge in [0.05, 0.1) is 5.56 Å². The Bertz CT molecular complexity index is 1220. The minimum absolute atomic E-state index is 0.134. The maximum atomic E-state index is 11.8. The fraction of sp³-hybridized carbons (Fsp3) is 0.419. The SMILES string of the molecule is CC(C)(C)OC(=O)CCCN.CC(C)(C)OC(=O)NCCNC(=O)c1cccc(C=O)c1.O=Cc1cccc(C(=O)O)c1. The summed E-state index contributed by atoms with van der Waals surface area (Å²) in [6.45, 7) is 11.9. The molecule has 43 heavy (non-hydrogen) atoms. The maximum absolute atomic E-state index is 11.8. The van der Waals surface area contributed by atoms with Crippen LogP contribution in [0.5, 0.6) is 0 Å². The molecule has 0 aromatic heterocycles. The van der Waals surface area contributed by atoms with E-state index in [0.717, 1.165) is 0 Å². The van der Waals surface area contributed by atoms with E-state index in [0.29, 0.717) is 48.6 Å². The molecule has 2 aromatic rings. The van der Waals surface area contributed by atoms with Crippen molar-refractivity contribution in [3.8, 4) is 0 Å². The molecule has 0 fully saturated rings. The number of amides is 2. The number of nitrogens with two attached hydrogens (primary N) is 1. The summed E-state index contributed by atoms with van der Waals surface area (Å²) in [5.74, 6) is -1.48. The molecule has 0 bridgehead atoms. The zero-order valence-electron chi connectivity index (χ0n) is 25.6. The lowest BCUT2D eigenvalue weighted by atomic mass is 10.1. The Hall–Kier alpha value is -4.58. The van der Waals surface area contributed by atoms with Crippen LogP contribution in [-0.4, -0.2) is 72.5 Å². The molecule has 0 aliphatic rings. The number of hydrogen-bond donors (Lipinski definition) is 4. The summed E-state index contributed by atoms with van der Waals surface area (Å²) >= 11 is 0. The molecule has 0 unspecified atom stereocenters. The maximum Gasteiger partial charge on any atom is 0.407 e. The van der Waals surface area contributed by atoms with Crippen molar-refractivity contribution in [1.29, 1.82) is 0 Å². The molecule has 0 heterocycles. The molecule has 2 rings (SSSR count). The van der Waals surface area contributed by atoms with Gasteiger partial charge in [-0.2, -0.15) is 0 Å². The van der Waals surface area contributed by atoms with E-state index in [1.807, 2.05) is 20.8 Å². The number of rotatable bonds is 10. The Morgan fingerprint density at radius 1 is 0.791 bits per heavy atom. The Balaban J connectivity index is 0.000000677. The van der Waals surface area contributed by atoms with Gasteiger partial charge < -0.3 is 30.9 Å². The highest BCUT2D eigenvalue weighted by Crippen LogP contribution is 2.09. The molecule has 5 N–H and O–H groups in total. The van der Waals surface area contributed by atoms with Crippen molar-refractivity contribution in [2.24, 2.45) is 5.73 Å². The first kappa shape index (κ1) is 38.4. The average Bonchev–Trinajstić information content (AvgIpc) is 2.93. The van der Waals surface area contributed by atoms with Crippen LogP contribution in [-0.2, 0) is 14.3 Å². The topological polar surface area (TPSA) is 191 Å². The first-order valence-electron chi connectivity index (χ1n) is 13.5. The molecule has 0 aliphatic heterocycles. The number of carboxylic acids is 1. The number of benzene rings is 2. The van der Waals surface area contributed by atoms with Crippen molar-refractivity contribution < 1.29 is 43.3 Å². The second-order valence-corrected chi connectivity index (χ2v) is 11.0. The number of nitrogens with one attached hydrogen (secondary N) is 2. The number of aldehydes is 2.